The molecule has 9 nitrogen and oxygen atoms in total. The van der Waals surface area contributed by atoms with E-state index in [1.807, 2.05) is 44.2 Å². The minimum absolute atomic E-state index is 0.205. The number of para-hydroxylation sites is 1. The Balaban J connectivity index is 1.76. The van der Waals surface area contributed by atoms with Gasteiger partial charge in [-0.2, -0.15) is 20.6 Å². The molecule has 1 aromatic carbocycles. The van der Waals surface area contributed by atoms with Crippen LogP contribution in [0.15, 0.2) is 40.5 Å². The van der Waals surface area contributed by atoms with Gasteiger partial charge in [-0.3, -0.25) is 9.59 Å². The molecule has 2 N–H and O–H groups in total. The standard InChI is InChI=1S/C17H15N7O2/c1-10-14(11(2)24(23-10)12-6-4-3-5-7-12)9-19-21-17(26)15-13(8-18)16(25)22-20-15/h3-7,9,13H,1-2H3,(H,21,26)(H,22,25). The first-order valence-electron chi connectivity index (χ1n) is 7.75. The number of hydrogen-bond acceptors (Lipinski definition) is 6. The monoisotopic (exact) mass is 349 g/mol. The number of rotatable bonds is 4. The van der Waals surface area contributed by atoms with Crippen molar-refractivity contribution in [2.45, 2.75) is 13.8 Å². The first kappa shape index (κ1) is 17.0. The zero-order valence-corrected chi connectivity index (χ0v) is 14.1. The summed E-state index contributed by atoms with van der Waals surface area (Å²) in [6.45, 7) is 3.73. The van der Waals surface area contributed by atoms with Gasteiger partial charge >= 0.3 is 0 Å². The Morgan fingerprint density at radius 2 is 2.12 bits per heavy atom. The van der Waals surface area contributed by atoms with Crippen LogP contribution in [-0.4, -0.2) is 33.5 Å². The Morgan fingerprint density at radius 1 is 1.38 bits per heavy atom. The van der Waals surface area contributed by atoms with E-state index in [4.69, 9.17) is 5.26 Å². The molecular formula is C17H15N7O2. The Morgan fingerprint density at radius 3 is 2.81 bits per heavy atom. The third-order valence-electron chi connectivity index (χ3n) is 3.89. The largest absolute Gasteiger partial charge is 0.289 e. The Bertz CT molecular complexity index is 967. The van der Waals surface area contributed by atoms with Gasteiger partial charge in [0.25, 0.3) is 11.8 Å². The molecule has 3 rings (SSSR count). The van der Waals surface area contributed by atoms with Crippen molar-refractivity contribution in [3.8, 4) is 11.8 Å². The van der Waals surface area contributed by atoms with Crippen molar-refractivity contribution >= 4 is 23.7 Å². The smallest absolute Gasteiger partial charge is 0.271 e. The third-order valence-corrected chi connectivity index (χ3v) is 3.89. The number of aromatic nitrogens is 2. The second-order valence-electron chi connectivity index (χ2n) is 5.57. The topological polar surface area (TPSA) is 125 Å². The molecule has 1 aliphatic rings. The van der Waals surface area contributed by atoms with Crippen LogP contribution in [0.5, 0.6) is 0 Å². The van der Waals surface area contributed by atoms with E-state index >= 15 is 0 Å². The molecule has 26 heavy (non-hydrogen) atoms. The van der Waals surface area contributed by atoms with Crippen molar-refractivity contribution in [3.05, 3.63) is 47.3 Å². The number of carbonyl (C=O) groups excluding carboxylic acids is 2. The van der Waals surface area contributed by atoms with Crippen molar-refractivity contribution in [3.63, 3.8) is 0 Å². The molecule has 1 atom stereocenters. The quantitative estimate of drug-likeness (QED) is 0.618. The van der Waals surface area contributed by atoms with Crippen LogP contribution in [-0.2, 0) is 9.59 Å². The Hall–Kier alpha value is -3.80. The number of nitrogens with one attached hydrogen (secondary N) is 2. The summed E-state index contributed by atoms with van der Waals surface area (Å²) in [7, 11) is 0. The summed E-state index contributed by atoms with van der Waals surface area (Å²) in [5.74, 6) is -2.57. The van der Waals surface area contributed by atoms with E-state index in [0.717, 1.165) is 22.6 Å². The number of carbonyl (C=O) groups is 2. The fourth-order valence-corrected chi connectivity index (χ4v) is 2.55. The molecule has 0 radical (unpaired) electrons. The minimum atomic E-state index is -1.23. The van der Waals surface area contributed by atoms with E-state index in [0.29, 0.717) is 0 Å². The summed E-state index contributed by atoms with van der Waals surface area (Å²) in [5, 5.41) is 20.9. The highest BCUT2D eigenvalue weighted by molar-refractivity contribution is 6.45. The molecule has 0 fully saturated rings. The molecular weight excluding hydrogens is 334 g/mol. The van der Waals surface area contributed by atoms with Crippen LogP contribution in [0.1, 0.15) is 17.0 Å². The number of hydrazone groups is 2. The van der Waals surface area contributed by atoms with E-state index in [2.05, 4.69) is 26.2 Å². The summed E-state index contributed by atoms with van der Waals surface area (Å²) in [5.41, 5.74) is 7.45. The summed E-state index contributed by atoms with van der Waals surface area (Å²) in [4.78, 5) is 23.4. The maximum atomic E-state index is 12.0. The Labute approximate surface area is 149 Å². The van der Waals surface area contributed by atoms with Crippen LogP contribution in [0.25, 0.3) is 5.69 Å². The lowest BCUT2D eigenvalue weighted by Gasteiger charge is -2.03. The van der Waals surface area contributed by atoms with Gasteiger partial charge in [-0.25, -0.2) is 15.5 Å². The normalized spacial score (nSPS) is 16.3. The number of nitrogens with zero attached hydrogens (tertiary/aromatic N) is 5. The molecule has 0 saturated carbocycles. The van der Waals surface area contributed by atoms with E-state index in [9.17, 15) is 9.59 Å². The number of amides is 2. The van der Waals surface area contributed by atoms with Gasteiger partial charge in [-0.1, -0.05) is 18.2 Å². The van der Waals surface area contributed by atoms with Gasteiger partial charge in [0.1, 0.15) is 0 Å². The predicted octanol–water partition coefficient (Wildman–Crippen LogP) is 0.565. The van der Waals surface area contributed by atoms with Gasteiger partial charge in [-0.05, 0) is 26.0 Å². The van der Waals surface area contributed by atoms with Crippen molar-refractivity contribution in [2.75, 3.05) is 0 Å². The van der Waals surface area contributed by atoms with E-state index in [-0.39, 0.29) is 5.71 Å². The fourth-order valence-electron chi connectivity index (χ4n) is 2.55. The first-order chi connectivity index (χ1) is 12.5. The zero-order valence-electron chi connectivity index (χ0n) is 14.1. The molecule has 0 saturated heterocycles. The number of nitriles is 1. The molecule has 2 heterocycles. The second-order valence-corrected chi connectivity index (χ2v) is 5.57. The number of hydrogen-bond donors (Lipinski definition) is 2. The summed E-state index contributed by atoms with van der Waals surface area (Å²) in [6.07, 6.45) is 1.47. The van der Waals surface area contributed by atoms with Crippen LogP contribution in [0.4, 0.5) is 0 Å². The van der Waals surface area contributed by atoms with Crippen molar-refractivity contribution in [1.29, 1.82) is 5.26 Å². The van der Waals surface area contributed by atoms with Gasteiger partial charge in [0.15, 0.2) is 11.6 Å². The molecule has 0 bridgehead atoms. The van der Waals surface area contributed by atoms with Crippen molar-refractivity contribution < 1.29 is 9.59 Å². The lowest BCUT2D eigenvalue weighted by molar-refractivity contribution is -0.121. The van der Waals surface area contributed by atoms with Crippen LogP contribution in [0.2, 0.25) is 0 Å². The molecule has 0 spiro atoms. The van der Waals surface area contributed by atoms with Gasteiger partial charge in [0.2, 0.25) is 0 Å². The second kappa shape index (κ2) is 6.98. The highest BCUT2D eigenvalue weighted by atomic mass is 16.2. The molecule has 9 heteroatoms. The molecule has 1 unspecified atom stereocenters. The van der Waals surface area contributed by atoms with Gasteiger partial charge in [0, 0.05) is 5.56 Å². The maximum Gasteiger partial charge on any atom is 0.289 e. The van der Waals surface area contributed by atoms with Gasteiger partial charge in [0.05, 0.1) is 29.4 Å². The Kier molecular flexibility index (Phi) is 4.57. The van der Waals surface area contributed by atoms with Crippen LogP contribution in [0, 0.1) is 31.1 Å². The average molecular weight is 349 g/mol. The molecule has 2 amide bonds. The minimum Gasteiger partial charge on any atom is -0.271 e. The SMILES string of the molecule is Cc1nn(-c2ccccc2)c(C)c1C=NNC(=O)C1=NNC(=O)C1C#N. The van der Waals surface area contributed by atoms with E-state index < -0.39 is 17.7 Å². The summed E-state index contributed by atoms with van der Waals surface area (Å²) < 4.78 is 1.79. The highest BCUT2D eigenvalue weighted by Crippen LogP contribution is 2.16. The highest BCUT2D eigenvalue weighted by Gasteiger charge is 2.34. The molecule has 2 aromatic rings. The lowest BCUT2D eigenvalue weighted by Crippen LogP contribution is -2.33. The average Bonchev–Trinajstić information content (AvgIpc) is 3.16. The molecule has 1 aromatic heterocycles. The predicted molar refractivity (Wildman–Crippen MR) is 93.5 cm³/mol. The maximum absolute atomic E-state index is 12.0. The third kappa shape index (κ3) is 3.08. The first-order valence-corrected chi connectivity index (χ1v) is 7.75. The molecule has 0 aliphatic carbocycles. The van der Waals surface area contributed by atoms with Crippen molar-refractivity contribution in [1.82, 2.24) is 20.6 Å². The summed E-state index contributed by atoms with van der Waals surface area (Å²) in [6, 6.07) is 11.4. The van der Waals surface area contributed by atoms with Crippen LogP contribution < -0.4 is 10.9 Å². The van der Waals surface area contributed by atoms with E-state index in [1.165, 1.54) is 6.21 Å². The zero-order chi connectivity index (χ0) is 18.7. The lowest BCUT2D eigenvalue weighted by atomic mass is 10.1. The number of aryl methyl sites for hydroxylation is 1. The van der Waals surface area contributed by atoms with E-state index in [1.54, 1.807) is 10.8 Å². The number of benzene rings is 1. The fraction of sp³-hybridized carbons (Fsp3) is 0.176. The van der Waals surface area contributed by atoms with Crippen LogP contribution in [0.3, 0.4) is 0 Å². The van der Waals surface area contributed by atoms with Gasteiger partial charge in [-0.15, -0.1) is 0 Å². The van der Waals surface area contributed by atoms with Gasteiger partial charge < -0.3 is 0 Å². The van der Waals surface area contributed by atoms with Crippen LogP contribution >= 0.6 is 0 Å². The van der Waals surface area contributed by atoms with Crippen molar-refractivity contribution in [2.24, 2.45) is 16.1 Å². The molecule has 1 aliphatic heterocycles. The summed E-state index contributed by atoms with van der Waals surface area (Å²) >= 11 is 0. The molecule has 130 valence electrons.